The lowest BCUT2D eigenvalue weighted by molar-refractivity contribution is -0.0508. The molecule has 0 bridgehead atoms. The standard InChI is InChI=1S/C16H21NO4/c17-14-9-11(3-4-13(14)15(18)19)20-10-12-5-8-16(21-12)6-1-2-7-16/h3-4,9,12H,1-2,5-8,10,17H2,(H,18,19). The Balaban J connectivity index is 1.56. The van der Waals surface area contributed by atoms with Crippen molar-refractivity contribution in [1.82, 2.24) is 0 Å². The van der Waals surface area contributed by atoms with E-state index in [2.05, 4.69) is 0 Å². The van der Waals surface area contributed by atoms with Gasteiger partial charge >= 0.3 is 5.97 Å². The summed E-state index contributed by atoms with van der Waals surface area (Å²) in [4.78, 5) is 10.9. The average molecular weight is 291 g/mol. The molecular formula is C16H21NO4. The van der Waals surface area contributed by atoms with E-state index in [1.54, 1.807) is 12.1 Å². The third-order valence-electron chi connectivity index (χ3n) is 4.54. The number of hydrogen-bond donors (Lipinski definition) is 2. The molecule has 1 aliphatic heterocycles. The number of rotatable bonds is 4. The third-order valence-corrected chi connectivity index (χ3v) is 4.54. The fraction of sp³-hybridized carbons (Fsp3) is 0.562. The van der Waals surface area contributed by atoms with Gasteiger partial charge in [0.05, 0.1) is 17.3 Å². The van der Waals surface area contributed by atoms with Crippen molar-refractivity contribution in [3.05, 3.63) is 23.8 Å². The van der Waals surface area contributed by atoms with Crippen LogP contribution in [-0.2, 0) is 4.74 Å². The maximum atomic E-state index is 10.9. The van der Waals surface area contributed by atoms with Gasteiger partial charge in [0.15, 0.2) is 0 Å². The minimum absolute atomic E-state index is 0.101. The van der Waals surface area contributed by atoms with Crippen molar-refractivity contribution in [2.75, 3.05) is 12.3 Å². The Morgan fingerprint density at radius 2 is 2.14 bits per heavy atom. The normalized spacial score (nSPS) is 23.5. The van der Waals surface area contributed by atoms with Crippen LogP contribution in [0.5, 0.6) is 5.75 Å². The third kappa shape index (κ3) is 2.97. The number of nitrogen functional groups attached to an aromatic ring is 1. The molecule has 1 saturated heterocycles. The van der Waals surface area contributed by atoms with E-state index in [4.69, 9.17) is 20.3 Å². The number of carboxylic acids is 1. The Labute approximate surface area is 124 Å². The summed E-state index contributed by atoms with van der Waals surface area (Å²) in [6.45, 7) is 0.494. The molecule has 2 fully saturated rings. The maximum absolute atomic E-state index is 10.9. The molecule has 5 nitrogen and oxygen atoms in total. The first-order chi connectivity index (χ1) is 10.1. The second kappa shape index (κ2) is 5.56. The molecule has 5 heteroatoms. The molecule has 1 spiro atoms. The fourth-order valence-electron chi connectivity index (χ4n) is 3.41. The number of hydrogen-bond acceptors (Lipinski definition) is 4. The second-order valence-electron chi connectivity index (χ2n) is 6.03. The van der Waals surface area contributed by atoms with Crippen molar-refractivity contribution < 1.29 is 19.4 Å². The predicted molar refractivity (Wildman–Crippen MR) is 78.6 cm³/mol. The first-order valence-corrected chi connectivity index (χ1v) is 7.51. The summed E-state index contributed by atoms with van der Waals surface area (Å²) in [6, 6.07) is 4.67. The molecule has 114 valence electrons. The van der Waals surface area contributed by atoms with Crippen LogP contribution in [0.4, 0.5) is 5.69 Å². The molecule has 1 aliphatic carbocycles. The summed E-state index contributed by atoms with van der Waals surface area (Å²) in [5, 5.41) is 8.94. The van der Waals surface area contributed by atoms with Gasteiger partial charge in [-0.15, -0.1) is 0 Å². The molecule has 2 aliphatic rings. The zero-order valence-electron chi connectivity index (χ0n) is 12.0. The van der Waals surface area contributed by atoms with Crippen molar-refractivity contribution in [1.29, 1.82) is 0 Å². The van der Waals surface area contributed by atoms with E-state index >= 15 is 0 Å². The van der Waals surface area contributed by atoms with E-state index < -0.39 is 5.97 Å². The molecule has 1 unspecified atom stereocenters. The Morgan fingerprint density at radius 3 is 2.81 bits per heavy atom. The number of anilines is 1. The molecule has 3 rings (SSSR count). The van der Waals surface area contributed by atoms with Crippen molar-refractivity contribution >= 4 is 11.7 Å². The highest BCUT2D eigenvalue weighted by Gasteiger charge is 2.42. The first-order valence-electron chi connectivity index (χ1n) is 7.51. The molecular weight excluding hydrogens is 270 g/mol. The second-order valence-corrected chi connectivity index (χ2v) is 6.03. The van der Waals surface area contributed by atoms with Crippen LogP contribution in [0.3, 0.4) is 0 Å². The molecule has 3 N–H and O–H groups in total. The summed E-state index contributed by atoms with van der Waals surface area (Å²) < 4.78 is 11.9. The Bertz CT molecular complexity index is 537. The number of carboxylic acid groups (broad SMARTS) is 1. The highest BCUT2D eigenvalue weighted by Crippen LogP contribution is 2.43. The van der Waals surface area contributed by atoms with E-state index in [0.717, 1.165) is 12.8 Å². The molecule has 1 aromatic carbocycles. The molecule has 0 amide bonds. The van der Waals surface area contributed by atoms with Crippen molar-refractivity contribution in [3.8, 4) is 5.75 Å². The van der Waals surface area contributed by atoms with Gasteiger partial charge in [-0.3, -0.25) is 0 Å². The van der Waals surface area contributed by atoms with Crippen LogP contribution in [0.2, 0.25) is 0 Å². The van der Waals surface area contributed by atoms with Crippen molar-refractivity contribution in [2.45, 2.75) is 50.2 Å². The SMILES string of the molecule is Nc1cc(OCC2CCC3(CCCC3)O2)ccc1C(=O)O. The van der Waals surface area contributed by atoms with Gasteiger partial charge in [0.2, 0.25) is 0 Å². The van der Waals surface area contributed by atoms with Crippen molar-refractivity contribution in [3.63, 3.8) is 0 Å². The van der Waals surface area contributed by atoms with Gasteiger partial charge in [-0.2, -0.15) is 0 Å². The fourth-order valence-corrected chi connectivity index (χ4v) is 3.41. The molecule has 1 saturated carbocycles. The van der Waals surface area contributed by atoms with Gasteiger partial charge in [-0.1, -0.05) is 12.8 Å². The molecule has 1 heterocycles. The van der Waals surface area contributed by atoms with E-state index in [0.29, 0.717) is 12.4 Å². The van der Waals surface area contributed by atoms with Gasteiger partial charge in [-0.05, 0) is 37.8 Å². The van der Waals surface area contributed by atoms with Crippen molar-refractivity contribution in [2.24, 2.45) is 0 Å². The highest BCUT2D eigenvalue weighted by atomic mass is 16.6. The topological polar surface area (TPSA) is 81.8 Å². The summed E-state index contributed by atoms with van der Waals surface area (Å²) in [7, 11) is 0. The smallest absolute Gasteiger partial charge is 0.337 e. The van der Waals surface area contributed by atoms with E-state index in [-0.39, 0.29) is 23.0 Å². The van der Waals surface area contributed by atoms with Gasteiger partial charge in [-0.25, -0.2) is 4.79 Å². The number of nitrogens with two attached hydrogens (primary N) is 1. The van der Waals surface area contributed by atoms with Crippen LogP contribution >= 0.6 is 0 Å². The summed E-state index contributed by atoms with van der Waals surface area (Å²) in [6.07, 6.45) is 7.15. The number of benzene rings is 1. The number of carbonyl (C=O) groups is 1. The maximum Gasteiger partial charge on any atom is 0.337 e. The van der Waals surface area contributed by atoms with Crippen LogP contribution in [0, 0.1) is 0 Å². The van der Waals surface area contributed by atoms with Crippen LogP contribution in [0.15, 0.2) is 18.2 Å². The number of aromatic carboxylic acids is 1. The monoisotopic (exact) mass is 291 g/mol. The van der Waals surface area contributed by atoms with E-state index in [1.165, 1.54) is 31.7 Å². The summed E-state index contributed by atoms with van der Waals surface area (Å²) in [5.41, 5.74) is 6.14. The molecule has 0 aromatic heterocycles. The van der Waals surface area contributed by atoms with Crippen LogP contribution in [-0.4, -0.2) is 29.4 Å². The minimum Gasteiger partial charge on any atom is -0.491 e. The lowest BCUT2D eigenvalue weighted by Crippen LogP contribution is -2.27. The van der Waals surface area contributed by atoms with Gasteiger partial charge in [0.25, 0.3) is 0 Å². The molecule has 0 radical (unpaired) electrons. The van der Waals surface area contributed by atoms with Crippen LogP contribution in [0.1, 0.15) is 48.9 Å². The summed E-state index contributed by atoms with van der Waals surface area (Å²) in [5.74, 6) is -0.435. The quantitative estimate of drug-likeness (QED) is 0.834. The van der Waals surface area contributed by atoms with Gasteiger partial charge < -0.3 is 20.3 Å². The lowest BCUT2D eigenvalue weighted by Gasteiger charge is -2.23. The lowest BCUT2D eigenvalue weighted by atomic mass is 9.98. The largest absolute Gasteiger partial charge is 0.491 e. The Hall–Kier alpha value is -1.75. The van der Waals surface area contributed by atoms with E-state index in [9.17, 15) is 4.79 Å². The highest BCUT2D eigenvalue weighted by molar-refractivity contribution is 5.93. The first kappa shape index (κ1) is 14.2. The molecule has 1 atom stereocenters. The average Bonchev–Trinajstić information content (AvgIpc) is 3.07. The molecule has 21 heavy (non-hydrogen) atoms. The zero-order chi connectivity index (χ0) is 14.9. The Morgan fingerprint density at radius 1 is 1.38 bits per heavy atom. The Kier molecular flexibility index (Phi) is 3.76. The molecule has 1 aromatic rings. The van der Waals surface area contributed by atoms with E-state index in [1.807, 2.05) is 0 Å². The predicted octanol–water partition coefficient (Wildman–Crippen LogP) is 2.84. The van der Waals surface area contributed by atoms with Gasteiger partial charge in [0, 0.05) is 11.8 Å². The van der Waals surface area contributed by atoms with Crippen LogP contribution in [0.25, 0.3) is 0 Å². The van der Waals surface area contributed by atoms with Gasteiger partial charge in [0.1, 0.15) is 12.4 Å². The minimum atomic E-state index is -1.03. The number of ether oxygens (including phenoxy) is 2. The zero-order valence-corrected chi connectivity index (χ0v) is 12.0. The summed E-state index contributed by atoms with van der Waals surface area (Å²) >= 11 is 0. The van der Waals surface area contributed by atoms with Crippen LogP contribution < -0.4 is 10.5 Å².